The maximum absolute atomic E-state index is 13.4. The van der Waals surface area contributed by atoms with Crippen molar-refractivity contribution in [1.82, 2.24) is 14.8 Å². The van der Waals surface area contributed by atoms with Crippen LogP contribution >= 0.6 is 34.7 Å². The number of thioether (sulfide) groups is 1. The molecule has 0 fully saturated rings. The van der Waals surface area contributed by atoms with Gasteiger partial charge in [0.15, 0.2) is 17.1 Å². The Morgan fingerprint density at radius 2 is 2.03 bits per heavy atom. The topological polar surface area (TPSA) is 138 Å². The molecule has 3 aromatic rings. The number of hydrogen-bond donors (Lipinski definition) is 2. The fraction of sp³-hybridized carbons (Fsp3) is 0.320. The fourth-order valence-electron chi connectivity index (χ4n) is 3.47. The molecule has 1 aromatic carbocycles. The SMILES string of the molecule is C=CCn1c(SCC(=O)Nc2sc(C(N)=O)c(C)c2C(=O)OC(C)C)nnc1C(C)Oc1ccc(F)cc1Cl. The van der Waals surface area contributed by atoms with Gasteiger partial charge in [0.05, 0.1) is 27.3 Å². The van der Waals surface area contributed by atoms with Crippen molar-refractivity contribution >= 4 is 57.5 Å². The second kappa shape index (κ2) is 13.1. The van der Waals surface area contributed by atoms with Gasteiger partial charge in [-0.3, -0.25) is 14.2 Å². The number of primary amides is 1. The van der Waals surface area contributed by atoms with Crippen LogP contribution in [0.25, 0.3) is 0 Å². The smallest absolute Gasteiger partial charge is 0.341 e. The number of carbonyl (C=O) groups excluding carboxylic acids is 3. The molecule has 0 saturated heterocycles. The standard InChI is InChI=1S/C25H27ClFN5O5S2/c1-6-9-32-22(14(5)37-17-8-7-15(27)10-16(17)26)30-31-25(32)38-11-18(33)29-23-19(24(35)36-12(2)3)13(4)20(39-23)21(28)34/h6-8,10,12,14H,1,9,11H2,2-5H3,(H2,28,34)(H,29,33). The summed E-state index contributed by atoms with van der Waals surface area (Å²) in [5, 5.41) is 11.8. The number of carbonyl (C=O) groups is 3. The molecule has 0 spiro atoms. The van der Waals surface area contributed by atoms with E-state index in [0.717, 1.165) is 29.2 Å². The summed E-state index contributed by atoms with van der Waals surface area (Å²) in [6.07, 6.45) is 0.629. The van der Waals surface area contributed by atoms with E-state index in [4.69, 9.17) is 26.8 Å². The lowest BCUT2D eigenvalue weighted by Gasteiger charge is -2.16. The van der Waals surface area contributed by atoms with Gasteiger partial charge in [0.25, 0.3) is 5.91 Å². The molecule has 39 heavy (non-hydrogen) atoms. The highest BCUT2D eigenvalue weighted by Crippen LogP contribution is 2.34. The van der Waals surface area contributed by atoms with E-state index < -0.39 is 35.8 Å². The van der Waals surface area contributed by atoms with E-state index in [-0.39, 0.29) is 32.0 Å². The molecule has 0 aliphatic carbocycles. The molecule has 3 rings (SSSR count). The van der Waals surface area contributed by atoms with Crippen molar-refractivity contribution in [3.05, 3.63) is 63.5 Å². The van der Waals surface area contributed by atoms with Crippen LogP contribution in [0.4, 0.5) is 9.39 Å². The molecule has 0 saturated carbocycles. The van der Waals surface area contributed by atoms with E-state index in [1.54, 1.807) is 38.3 Å². The first kappa shape index (κ1) is 30.1. The third-order valence-electron chi connectivity index (χ3n) is 5.12. The Labute approximate surface area is 237 Å². The lowest BCUT2D eigenvalue weighted by molar-refractivity contribution is -0.113. The van der Waals surface area contributed by atoms with E-state index in [0.29, 0.717) is 23.1 Å². The minimum absolute atomic E-state index is 0.0865. The Morgan fingerprint density at radius 3 is 2.64 bits per heavy atom. The highest BCUT2D eigenvalue weighted by molar-refractivity contribution is 7.99. The van der Waals surface area contributed by atoms with Gasteiger partial charge in [0.1, 0.15) is 16.6 Å². The molecular weight excluding hydrogens is 569 g/mol. The van der Waals surface area contributed by atoms with Crippen molar-refractivity contribution in [2.45, 2.75) is 51.6 Å². The summed E-state index contributed by atoms with van der Waals surface area (Å²) in [5.74, 6) is -1.69. The minimum atomic E-state index is -0.714. The van der Waals surface area contributed by atoms with Gasteiger partial charge in [-0.15, -0.1) is 28.1 Å². The number of allylic oxidation sites excluding steroid dienone is 1. The summed E-state index contributed by atoms with van der Waals surface area (Å²) in [6, 6.07) is 3.80. The van der Waals surface area contributed by atoms with Crippen LogP contribution in [-0.2, 0) is 16.1 Å². The molecule has 14 heteroatoms. The van der Waals surface area contributed by atoms with E-state index in [1.807, 2.05) is 0 Å². The molecule has 2 amide bonds. The number of hydrogen-bond acceptors (Lipinski definition) is 9. The molecule has 0 bridgehead atoms. The number of aromatic nitrogens is 3. The first-order valence-corrected chi connectivity index (χ1v) is 13.8. The second-order valence-electron chi connectivity index (χ2n) is 8.49. The highest BCUT2D eigenvalue weighted by atomic mass is 35.5. The fourth-order valence-corrected chi connectivity index (χ4v) is 5.50. The molecule has 10 nitrogen and oxygen atoms in total. The molecule has 0 radical (unpaired) electrons. The van der Waals surface area contributed by atoms with E-state index >= 15 is 0 Å². The number of thiophene rings is 1. The molecular formula is C25H27ClFN5O5S2. The van der Waals surface area contributed by atoms with Crippen molar-refractivity contribution in [3.8, 4) is 5.75 Å². The van der Waals surface area contributed by atoms with Crippen LogP contribution in [0.1, 0.15) is 58.3 Å². The average molecular weight is 596 g/mol. The van der Waals surface area contributed by atoms with Gasteiger partial charge >= 0.3 is 5.97 Å². The lowest BCUT2D eigenvalue weighted by atomic mass is 10.1. The van der Waals surface area contributed by atoms with Gasteiger partial charge in [-0.05, 0) is 51.5 Å². The number of nitrogens with zero attached hydrogens (tertiary/aromatic N) is 3. The number of esters is 1. The van der Waals surface area contributed by atoms with Crippen molar-refractivity contribution in [3.63, 3.8) is 0 Å². The number of amides is 2. The number of ether oxygens (including phenoxy) is 2. The zero-order valence-electron chi connectivity index (χ0n) is 21.6. The first-order valence-electron chi connectivity index (χ1n) is 11.6. The van der Waals surface area contributed by atoms with Crippen LogP contribution in [0.2, 0.25) is 5.02 Å². The summed E-state index contributed by atoms with van der Waals surface area (Å²) in [6.45, 7) is 10.8. The van der Waals surface area contributed by atoms with Crippen LogP contribution < -0.4 is 15.8 Å². The predicted octanol–water partition coefficient (Wildman–Crippen LogP) is 5.16. The van der Waals surface area contributed by atoms with Crippen LogP contribution in [0.3, 0.4) is 0 Å². The van der Waals surface area contributed by atoms with Gasteiger partial charge in [-0.2, -0.15) is 0 Å². The van der Waals surface area contributed by atoms with Crippen molar-refractivity contribution in [2.75, 3.05) is 11.1 Å². The van der Waals surface area contributed by atoms with Crippen LogP contribution in [-0.4, -0.2) is 44.4 Å². The van der Waals surface area contributed by atoms with Crippen LogP contribution in [0.5, 0.6) is 5.75 Å². The Balaban J connectivity index is 1.76. The van der Waals surface area contributed by atoms with Gasteiger partial charge in [-0.25, -0.2) is 9.18 Å². The molecule has 0 aliphatic heterocycles. The zero-order chi connectivity index (χ0) is 28.9. The zero-order valence-corrected chi connectivity index (χ0v) is 24.0. The number of benzene rings is 1. The maximum atomic E-state index is 13.4. The molecule has 3 N–H and O–H groups in total. The summed E-state index contributed by atoms with van der Waals surface area (Å²) >= 11 is 8.09. The highest BCUT2D eigenvalue weighted by Gasteiger charge is 2.27. The largest absolute Gasteiger partial charge is 0.481 e. The quantitative estimate of drug-likeness (QED) is 0.166. The third-order valence-corrected chi connectivity index (χ3v) is 7.61. The number of rotatable bonds is 12. The van der Waals surface area contributed by atoms with Gasteiger partial charge in [0, 0.05) is 6.54 Å². The summed E-state index contributed by atoms with van der Waals surface area (Å²) in [7, 11) is 0. The number of nitrogens with one attached hydrogen (secondary N) is 1. The Kier molecular flexibility index (Phi) is 10.1. The second-order valence-corrected chi connectivity index (χ2v) is 10.9. The molecule has 2 aromatic heterocycles. The molecule has 208 valence electrons. The monoisotopic (exact) mass is 595 g/mol. The Hall–Kier alpha value is -3.42. The van der Waals surface area contributed by atoms with Crippen LogP contribution in [0, 0.1) is 12.7 Å². The lowest BCUT2D eigenvalue weighted by Crippen LogP contribution is -2.18. The Bertz CT molecular complexity index is 1410. The number of nitrogens with two attached hydrogens (primary N) is 1. The molecule has 0 aliphatic rings. The number of anilines is 1. The summed E-state index contributed by atoms with van der Waals surface area (Å²) in [5.41, 5.74) is 5.87. The van der Waals surface area contributed by atoms with Gasteiger partial charge < -0.3 is 20.5 Å². The normalized spacial score (nSPS) is 11.8. The summed E-state index contributed by atoms with van der Waals surface area (Å²) in [4.78, 5) is 37.5. The summed E-state index contributed by atoms with van der Waals surface area (Å²) < 4.78 is 26.2. The third kappa shape index (κ3) is 7.37. The van der Waals surface area contributed by atoms with Crippen molar-refractivity contribution in [2.24, 2.45) is 5.73 Å². The van der Waals surface area contributed by atoms with Gasteiger partial charge in [-0.1, -0.05) is 29.4 Å². The minimum Gasteiger partial charge on any atom is -0.481 e. The van der Waals surface area contributed by atoms with Crippen molar-refractivity contribution < 1.29 is 28.2 Å². The molecule has 1 atom stereocenters. The van der Waals surface area contributed by atoms with E-state index in [2.05, 4.69) is 22.1 Å². The Morgan fingerprint density at radius 1 is 1.31 bits per heavy atom. The van der Waals surface area contributed by atoms with Gasteiger partial charge in [0.2, 0.25) is 5.91 Å². The number of halogens is 2. The van der Waals surface area contributed by atoms with Crippen LogP contribution in [0.15, 0.2) is 36.0 Å². The molecule has 2 heterocycles. The predicted molar refractivity (Wildman–Crippen MR) is 148 cm³/mol. The maximum Gasteiger partial charge on any atom is 0.341 e. The molecule has 1 unspecified atom stereocenters. The first-order chi connectivity index (χ1) is 18.4. The average Bonchev–Trinajstić information content (AvgIpc) is 3.39. The van der Waals surface area contributed by atoms with E-state index in [1.165, 1.54) is 12.1 Å². The van der Waals surface area contributed by atoms with E-state index in [9.17, 15) is 18.8 Å². The van der Waals surface area contributed by atoms with Crippen molar-refractivity contribution in [1.29, 1.82) is 0 Å².